The number of nitrogens with one attached hydrogen (secondary N) is 1. The van der Waals surface area contributed by atoms with E-state index < -0.39 is 12.7 Å². The van der Waals surface area contributed by atoms with Crippen LogP contribution in [0.3, 0.4) is 0 Å². The van der Waals surface area contributed by atoms with E-state index in [4.69, 9.17) is 0 Å². The van der Waals surface area contributed by atoms with Crippen LogP contribution in [-0.4, -0.2) is 30.3 Å². The van der Waals surface area contributed by atoms with E-state index >= 15 is 0 Å². The van der Waals surface area contributed by atoms with Crippen molar-refractivity contribution in [1.82, 2.24) is 4.98 Å². The normalized spacial score (nSPS) is 15.4. The fourth-order valence-corrected chi connectivity index (χ4v) is 1.96. The van der Waals surface area contributed by atoms with Crippen LogP contribution in [0.1, 0.15) is 26.2 Å². The second-order valence-electron chi connectivity index (χ2n) is 4.83. The van der Waals surface area contributed by atoms with E-state index in [1.807, 2.05) is 6.92 Å². The Kier molecular flexibility index (Phi) is 4.17. The van der Waals surface area contributed by atoms with Gasteiger partial charge in [-0.05, 0) is 25.3 Å². The first-order valence-electron chi connectivity index (χ1n) is 6.52. The maximum absolute atomic E-state index is 12.6. The zero-order valence-corrected chi connectivity index (χ0v) is 10.9. The SMILES string of the molecule is CCCNc1cncc(N(CC(F)(F)F)C2CC2)c1. The van der Waals surface area contributed by atoms with Gasteiger partial charge in [0.15, 0.2) is 0 Å². The Morgan fingerprint density at radius 2 is 2.11 bits per heavy atom. The van der Waals surface area contributed by atoms with Crippen LogP contribution in [0, 0.1) is 0 Å². The van der Waals surface area contributed by atoms with Crippen molar-refractivity contribution in [2.45, 2.75) is 38.4 Å². The lowest BCUT2D eigenvalue weighted by atomic mass is 10.3. The van der Waals surface area contributed by atoms with Crippen molar-refractivity contribution in [2.75, 3.05) is 23.3 Å². The Morgan fingerprint density at radius 1 is 1.37 bits per heavy atom. The molecule has 1 aliphatic carbocycles. The number of rotatable bonds is 6. The van der Waals surface area contributed by atoms with Gasteiger partial charge < -0.3 is 10.2 Å². The molecule has 2 rings (SSSR count). The molecule has 0 bridgehead atoms. The smallest absolute Gasteiger partial charge is 0.384 e. The van der Waals surface area contributed by atoms with Gasteiger partial charge in [0, 0.05) is 12.6 Å². The van der Waals surface area contributed by atoms with E-state index in [-0.39, 0.29) is 6.04 Å². The molecule has 0 aromatic carbocycles. The average Bonchev–Trinajstić information content (AvgIpc) is 3.17. The van der Waals surface area contributed by atoms with Crippen LogP contribution in [0.25, 0.3) is 0 Å². The lowest BCUT2D eigenvalue weighted by Crippen LogP contribution is -2.36. The maximum atomic E-state index is 12.6. The Bertz CT molecular complexity index is 416. The molecule has 0 saturated heterocycles. The number of aromatic nitrogens is 1. The van der Waals surface area contributed by atoms with Crippen molar-refractivity contribution in [3.63, 3.8) is 0 Å². The van der Waals surface area contributed by atoms with Crippen molar-refractivity contribution in [2.24, 2.45) is 0 Å². The van der Waals surface area contributed by atoms with E-state index in [1.165, 1.54) is 11.1 Å². The number of nitrogens with zero attached hydrogens (tertiary/aromatic N) is 2. The molecule has 0 radical (unpaired) electrons. The van der Waals surface area contributed by atoms with Gasteiger partial charge in [0.1, 0.15) is 6.54 Å². The summed E-state index contributed by atoms with van der Waals surface area (Å²) in [5.74, 6) is 0. The van der Waals surface area contributed by atoms with Crippen LogP contribution < -0.4 is 10.2 Å². The van der Waals surface area contributed by atoms with E-state index in [0.717, 1.165) is 31.5 Å². The topological polar surface area (TPSA) is 28.2 Å². The van der Waals surface area contributed by atoms with Crippen LogP contribution >= 0.6 is 0 Å². The summed E-state index contributed by atoms with van der Waals surface area (Å²) in [5.41, 5.74) is 1.31. The first-order valence-corrected chi connectivity index (χ1v) is 6.52. The summed E-state index contributed by atoms with van der Waals surface area (Å²) in [6, 6.07) is 1.75. The highest BCUT2D eigenvalue weighted by molar-refractivity contribution is 5.56. The van der Waals surface area contributed by atoms with Gasteiger partial charge >= 0.3 is 6.18 Å². The predicted octanol–water partition coefficient (Wildman–Crippen LogP) is 3.43. The second kappa shape index (κ2) is 5.67. The molecule has 3 nitrogen and oxygen atoms in total. The van der Waals surface area contributed by atoms with Gasteiger partial charge in [0.25, 0.3) is 0 Å². The minimum atomic E-state index is -4.19. The highest BCUT2D eigenvalue weighted by atomic mass is 19.4. The molecule has 19 heavy (non-hydrogen) atoms. The molecule has 106 valence electrons. The highest BCUT2D eigenvalue weighted by Gasteiger charge is 2.38. The Morgan fingerprint density at radius 3 is 2.68 bits per heavy atom. The molecule has 1 aromatic rings. The van der Waals surface area contributed by atoms with Crippen molar-refractivity contribution in [3.8, 4) is 0 Å². The Balaban J connectivity index is 2.12. The maximum Gasteiger partial charge on any atom is 0.405 e. The number of alkyl halides is 3. The number of pyridine rings is 1. The van der Waals surface area contributed by atoms with Crippen LogP contribution in [0.15, 0.2) is 18.5 Å². The highest BCUT2D eigenvalue weighted by Crippen LogP contribution is 2.34. The largest absolute Gasteiger partial charge is 0.405 e. The van der Waals surface area contributed by atoms with Gasteiger partial charge in [0.05, 0.1) is 23.8 Å². The summed E-state index contributed by atoms with van der Waals surface area (Å²) in [7, 11) is 0. The lowest BCUT2D eigenvalue weighted by Gasteiger charge is -2.26. The van der Waals surface area contributed by atoms with Gasteiger partial charge in [-0.2, -0.15) is 13.2 Å². The lowest BCUT2D eigenvalue weighted by molar-refractivity contribution is -0.120. The Hall–Kier alpha value is -1.46. The molecule has 1 fully saturated rings. The minimum absolute atomic E-state index is 0.00449. The first kappa shape index (κ1) is 14.0. The molecule has 0 spiro atoms. The van der Waals surface area contributed by atoms with Crippen molar-refractivity contribution >= 4 is 11.4 Å². The molecule has 1 aromatic heterocycles. The fraction of sp³-hybridized carbons (Fsp3) is 0.615. The summed E-state index contributed by atoms with van der Waals surface area (Å²) < 4.78 is 37.8. The van der Waals surface area contributed by atoms with Gasteiger partial charge in [-0.3, -0.25) is 4.98 Å². The monoisotopic (exact) mass is 273 g/mol. The third kappa shape index (κ3) is 4.29. The molecule has 0 aliphatic heterocycles. The number of hydrogen-bond acceptors (Lipinski definition) is 3. The number of hydrogen-bond donors (Lipinski definition) is 1. The third-order valence-corrected chi connectivity index (χ3v) is 2.97. The molecular weight excluding hydrogens is 255 g/mol. The van der Waals surface area contributed by atoms with E-state index in [9.17, 15) is 13.2 Å². The fourth-order valence-electron chi connectivity index (χ4n) is 1.96. The van der Waals surface area contributed by atoms with Gasteiger partial charge in [-0.15, -0.1) is 0 Å². The average molecular weight is 273 g/mol. The molecule has 1 heterocycles. The first-order chi connectivity index (χ1) is 8.99. The summed E-state index contributed by atoms with van der Waals surface area (Å²) in [5, 5.41) is 3.14. The molecular formula is C13H18F3N3. The summed E-state index contributed by atoms with van der Waals surface area (Å²) in [4.78, 5) is 5.43. The molecule has 0 amide bonds. The van der Waals surface area contributed by atoms with Crippen molar-refractivity contribution < 1.29 is 13.2 Å². The zero-order chi connectivity index (χ0) is 13.9. The summed E-state index contributed by atoms with van der Waals surface area (Å²) in [6.07, 6.45) is 1.55. The second-order valence-corrected chi connectivity index (χ2v) is 4.83. The Labute approximate surface area is 110 Å². The molecule has 6 heteroatoms. The van der Waals surface area contributed by atoms with Gasteiger partial charge in [-0.1, -0.05) is 6.92 Å². The van der Waals surface area contributed by atoms with Crippen LogP contribution in [0.4, 0.5) is 24.5 Å². The van der Waals surface area contributed by atoms with Crippen LogP contribution in [-0.2, 0) is 0 Å². The zero-order valence-electron chi connectivity index (χ0n) is 10.9. The standard InChI is InChI=1S/C13H18F3N3/c1-2-5-18-10-6-12(8-17-7-10)19(11-3-4-11)9-13(14,15)16/h6-8,11,18H,2-5,9H2,1H3. The van der Waals surface area contributed by atoms with Crippen molar-refractivity contribution in [1.29, 1.82) is 0 Å². The number of anilines is 2. The van der Waals surface area contributed by atoms with Crippen LogP contribution in [0.2, 0.25) is 0 Å². The predicted molar refractivity (Wildman–Crippen MR) is 69.4 cm³/mol. The summed E-state index contributed by atoms with van der Waals surface area (Å²) in [6.45, 7) is 1.91. The van der Waals surface area contributed by atoms with Crippen LogP contribution in [0.5, 0.6) is 0 Å². The quantitative estimate of drug-likeness (QED) is 0.860. The minimum Gasteiger partial charge on any atom is -0.384 e. The van der Waals surface area contributed by atoms with Crippen molar-refractivity contribution in [3.05, 3.63) is 18.5 Å². The van der Waals surface area contributed by atoms with Gasteiger partial charge in [0.2, 0.25) is 0 Å². The molecule has 1 saturated carbocycles. The van der Waals surface area contributed by atoms with E-state index in [1.54, 1.807) is 12.3 Å². The summed E-state index contributed by atoms with van der Waals surface area (Å²) >= 11 is 0. The third-order valence-electron chi connectivity index (χ3n) is 2.97. The van der Waals surface area contributed by atoms with E-state index in [0.29, 0.717) is 5.69 Å². The molecule has 1 aliphatic rings. The van der Waals surface area contributed by atoms with Gasteiger partial charge in [-0.25, -0.2) is 0 Å². The van der Waals surface area contributed by atoms with E-state index in [2.05, 4.69) is 10.3 Å². The molecule has 0 atom stereocenters. The molecule has 1 N–H and O–H groups in total. The number of halogens is 3. The molecule has 0 unspecified atom stereocenters.